The van der Waals surface area contributed by atoms with Crippen molar-refractivity contribution in [3.63, 3.8) is 0 Å². The van der Waals surface area contributed by atoms with Gasteiger partial charge in [-0.2, -0.15) is 0 Å². The zero-order chi connectivity index (χ0) is 33.0. The van der Waals surface area contributed by atoms with E-state index >= 15 is 0 Å². The van der Waals surface area contributed by atoms with Gasteiger partial charge in [0.25, 0.3) is 0 Å². The van der Waals surface area contributed by atoms with Crippen molar-refractivity contribution in [1.82, 2.24) is 4.98 Å². The third-order valence-corrected chi connectivity index (χ3v) is 9.94. The molecule has 234 valence electrons. The number of nitrogens with zero attached hydrogens (tertiary/aromatic N) is 2. The van der Waals surface area contributed by atoms with Crippen molar-refractivity contribution in [2.45, 2.75) is 0 Å². The molecule has 0 N–H and O–H groups in total. The molecular weight excluding hydrogens is 609 g/mol. The summed E-state index contributed by atoms with van der Waals surface area (Å²) < 4.78 is 6.54. The molecule has 2 heterocycles. The summed E-state index contributed by atoms with van der Waals surface area (Å²) in [6, 6.07) is 60.6. The van der Waals surface area contributed by atoms with E-state index in [4.69, 9.17) is 9.40 Å². The van der Waals surface area contributed by atoms with Gasteiger partial charge in [0.1, 0.15) is 11.3 Å². The molecule has 0 aliphatic carbocycles. The molecule has 0 saturated carbocycles. The third kappa shape index (κ3) is 4.56. The van der Waals surface area contributed by atoms with Gasteiger partial charge in [0.05, 0.1) is 6.20 Å². The predicted octanol–water partition coefficient (Wildman–Crippen LogP) is 13.2. The number of fused-ring (bicyclic) bond motifs is 8. The Morgan fingerprint density at radius 3 is 1.78 bits per heavy atom. The lowest BCUT2D eigenvalue weighted by molar-refractivity contribution is 0.668. The SMILES string of the molecule is c1ccc(-c2ccc(N(c3ccc(-c4cc5c6ccccc6ccc5c5ccccc45)cc3)c3cncc4c3oc3ccccc34)cc2)cc1. The average Bonchev–Trinajstić information content (AvgIpc) is 3.58. The van der Waals surface area contributed by atoms with Gasteiger partial charge in [-0.05, 0) is 91.0 Å². The van der Waals surface area contributed by atoms with Gasteiger partial charge < -0.3 is 9.32 Å². The number of para-hydroxylation sites is 1. The molecule has 8 aromatic carbocycles. The lowest BCUT2D eigenvalue weighted by Crippen LogP contribution is -2.10. The van der Waals surface area contributed by atoms with Gasteiger partial charge in [-0.3, -0.25) is 4.98 Å². The predicted molar refractivity (Wildman–Crippen MR) is 210 cm³/mol. The number of aromatic nitrogens is 1. The van der Waals surface area contributed by atoms with Crippen LogP contribution in [0, 0.1) is 0 Å². The van der Waals surface area contributed by atoms with Crippen LogP contribution in [0.3, 0.4) is 0 Å². The Bertz CT molecular complexity index is 2850. The molecule has 0 radical (unpaired) electrons. The van der Waals surface area contributed by atoms with Gasteiger partial charge in [0.15, 0.2) is 5.58 Å². The quantitative estimate of drug-likeness (QED) is 0.176. The van der Waals surface area contributed by atoms with Crippen LogP contribution in [-0.2, 0) is 0 Å². The van der Waals surface area contributed by atoms with Crippen molar-refractivity contribution in [2.75, 3.05) is 4.90 Å². The second kappa shape index (κ2) is 11.5. The number of rotatable bonds is 5. The highest BCUT2D eigenvalue weighted by Gasteiger charge is 2.20. The van der Waals surface area contributed by atoms with E-state index < -0.39 is 0 Å². The standard InChI is InChI=1S/C47H30N2O/c1-2-10-31(11-3-1)32-18-23-35(24-19-32)49(45-30-48-29-44-41-16-8-9-17-46(41)50-47(44)45)36-25-20-34(21-26-36)42-28-43-37-13-5-4-12-33(37)22-27-40(43)38-14-6-7-15-39(38)42/h1-30H. The summed E-state index contributed by atoms with van der Waals surface area (Å²) >= 11 is 0. The molecule has 0 fully saturated rings. The van der Waals surface area contributed by atoms with Crippen molar-refractivity contribution in [2.24, 2.45) is 0 Å². The molecule has 0 aliphatic heterocycles. The molecule has 0 amide bonds. The van der Waals surface area contributed by atoms with Gasteiger partial charge in [-0.15, -0.1) is 0 Å². The van der Waals surface area contributed by atoms with Crippen molar-refractivity contribution in [3.05, 3.63) is 182 Å². The highest BCUT2D eigenvalue weighted by molar-refractivity contribution is 6.21. The van der Waals surface area contributed by atoms with Crippen LogP contribution in [-0.4, -0.2) is 4.98 Å². The Labute approximate surface area is 289 Å². The van der Waals surface area contributed by atoms with E-state index in [0.717, 1.165) is 39.0 Å². The van der Waals surface area contributed by atoms with Gasteiger partial charge in [0.2, 0.25) is 0 Å². The van der Waals surface area contributed by atoms with E-state index in [1.165, 1.54) is 54.6 Å². The van der Waals surface area contributed by atoms with E-state index in [1.807, 2.05) is 36.7 Å². The summed E-state index contributed by atoms with van der Waals surface area (Å²) in [6.07, 6.45) is 3.81. The summed E-state index contributed by atoms with van der Waals surface area (Å²) in [5.74, 6) is 0. The first-order chi connectivity index (χ1) is 24.8. The first-order valence-electron chi connectivity index (χ1n) is 16.9. The van der Waals surface area contributed by atoms with Crippen LogP contribution in [0.25, 0.3) is 76.5 Å². The summed E-state index contributed by atoms with van der Waals surface area (Å²) in [5.41, 5.74) is 9.33. The van der Waals surface area contributed by atoms with Gasteiger partial charge >= 0.3 is 0 Å². The molecule has 0 saturated heterocycles. The minimum Gasteiger partial charge on any atom is -0.454 e. The van der Waals surface area contributed by atoms with E-state index in [9.17, 15) is 0 Å². The molecule has 10 aromatic rings. The maximum atomic E-state index is 6.54. The second-order valence-electron chi connectivity index (χ2n) is 12.8. The fourth-order valence-corrected chi connectivity index (χ4v) is 7.53. The minimum atomic E-state index is 0.810. The molecule has 0 aliphatic rings. The number of hydrogen-bond acceptors (Lipinski definition) is 3. The van der Waals surface area contributed by atoms with Crippen LogP contribution >= 0.6 is 0 Å². The fraction of sp³-hybridized carbons (Fsp3) is 0. The van der Waals surface area contributed by atoms with Gasteiger partial charge in [-0.25, -0.2) is 0 Å². The number of furan rings is 1. The highest BCUT2D eigenvalue weighted by Crippen LogP contribution is 2.43. The normalized spacial score (nSPS) is 11.6. The number of benzene rings is 8. The molecule has 10 rings (SSSR count). The Morgan fingerprint density at radius 1 is 0.400 bits per heavy atom. The van der Waals surface area contributed by atoms with Crippen LogP contribution < -0.4 is 4.90 Å². The van der Waals surface area contributed by atoms with E-state index in [-0.39, 0.29) is 0 Å². The maximum Gasteiger partial charge on any atom is 0.162 e. The average molecular weight is 639 g/mol. The molecule has 2 aromatic heterocycles. The first kappa shape index (κ1) is 28.3. The fourth-order valence-electron chi connectivity index (χ4n) is 7.53. The van der Waals surface area contributed by atoms with E-state index in [2.05, 4.69) is 150 Å². The molecule has 0 atom stereocenters. The number of pyridine rings is 1. The van der Waals surface area contributed by atoms with Gasteiger partial charge in [-0.1, -0.05) is 133 Å². The summed E-state index contributed by atoms with van der Waals surface area (Å²) in [7, 11) is 0. The topological polar surface area (TPSA) is 29.3 Å². The first-order valence-corrected chi connectivity index (χ1v) is 16.9. The van der Waals surface area contributed by atoms with Crippen LogP contribution in [0.5, 0.6) is 0 Å². The highest BCUT2D eigenvalue weighted by atomic mass is 16.3. The zero-order valence-corrected chi connectivity index (χ0v) is 27.1. The van der Waals surface area contributed by atoms with E-state index in [1.54, 1.807) is 0 Å². The van der Waals surface area contributed by atoms with Gasteiger partial charge in [0, 0.05) is 28.3 Å². The summed E-state index contributed by atoms with van der Waals surface area (Å²) in [4.78, 5) is 6.98. The van der Waals surface area contributed by atoms with Crippen LogP contribution in [0.15, 0.2) is 187 Å². The molecular formula is C47H30N2O. The Hall–Kier alpha value is -6.71. The second-order valence-corrected chi connectivity index (χ2v) is 12.8. The van der Waals surface area contributed by atoms with Crippen molar-refractivity contribution in [3.8, 4) is 22.3 Å². The zero-order valence-electron chi connectivity index (χ0n) is 27.1. The molecule has 0 bridgehead atoms. The van der Waals surface area contributed by atoms with Crippen LogP contribution in [0.4, 0.5) is 17.1 Å². The Kier molecular flexibility index (Phi) is 6.49. The lowest BCUT2D eigenvalue weighted by atomic mass is 9.91. The lowest BCUT2D eigenvalue weighted by Gasteiger charge is -2.25. The number of anilines is 3. The largest absolute Gasteiger partial charge is 0.454 e. The Morgan fingerprint density at radius 2 is 1.00 bits per heavy atom. The number of hydrogen-bond donors (Lipinski definition) is 0. The van der Waals surface area contributed by atoms with E-state index in [0.29, 0.717) is 0 Å². The monoisotopic (exact) mass is 638 g/mol. The maximum absolute atomic E-state index is 6.54. The van der Waals surface area contributed by atoms with Crippen LogP contribution in [0.2, 0.25) is 0 Å². The smallest absolute Gasteiger partial charge is 0.162 e. The molecule has 50 heavy (non-hydrogen) atoms. The molecule has 3 nitrogen and oxygen atoms in total. The van der Waals surface area contributed by atoms with Crippen molar-refractivity contribution in [1.29, 1.82) is 0 Å². The van der Waals surface area contributed by atoms with Crippen molar-refractivity contribution >= 4 is 71.3 Å². The van der Waals surface area contributed by atoms with Crippen molar-refractivity contribution < 1.29 is 4.42 Å². The molecule has 3 heteroatoms. The summed E-state index contributed by atoms with van der Waals surface area (Å²) in [5, 5.41) is 9.62. The molecule has 0 spiro atoms. The molecule has 0 unspecified atom stereocenters. The Balaban J connectivity index is 1.15. The summed E-state index contributed by atoms with van der Waals surface area (Å²) in [6.45, 7) is 0. The van der Waals surface area contributed by atoms with Crippen LogP contribution in [0.1, 0.15) is 0 Å². The minimum absolute atomic E-state index is 0.810. The third-order valence-electron chi connectivity index (χ3n) is 9.94.